The number of aliphatic hydroxyl groups is 1. The SMILES string of the molecule is CCN(C(=O)CN1CC(CO)OC(C)(C)C1)C1=CCCC1. The van der Waals surface area contributed by atoms with Crippen molar-refractivity contribution in [1.29, 1.82) is 0 Å². The van der Waals surface area contributed by atoms with Gasteiger partial charge in [0, 0.05) is 25.3 Å². The molecule has 1 amide bonds. The summed E-state index contributed by atoms with van der Waals surface area (Å²) in [4.78, 5) is 16.6. The van der Waals surface area contributed by atoms with Gasteiger partial charge in [-0.3, -0.25) is 9.69 Å². The van der Waals surface area contributed by atoms with Crippen molar-refractivity contribution in [2.45, 2.75) is 51.7 Å². The molecule has 0 bridgehead atoms. The summed E-state index contributed by atoms with van der Waals surface area (Å²) in [5.41, 5.74) is 0.851. The molecule has 1 aliphatic carbocycles. The van der Waals surface area contributed by atoms with Gasteiger partial charge in [-0.2, -0.15) is 0 Å². The molecule has 1 fully saturated rings. The van der Waals surface area contributed by atoms with Crippen molar-refractivity contribution in [3.8, 4) is 0 Å². The number of hydrogen-bond donors (Lipinski definition) is 1. The van der Waals surface area contributed by atoms with Crippen molar-refractivity contribution in [3.63, 3.8) is 0 Å². The summed E-state index contributed by atoms with van der Waals surface area (Å²) in [6.45, 7) is 8.48. The van der Waals surface area contributed by atoms with Crippen LogP contribution in [0.1, 0.15) is 40.0 Å². The van der Waals surface area contributed by atoms with E-state index in [2.05, 4.69) is 11.0 Å². The summed E-state index contributed by atoms with van der Waals surface area (Å²) in [5.74, 6) is 0.153. The zero-order chi connectivity index (χ0) is 15.5. The quantitative estimate of drug-likeness (QED) is 0.832. The highest BCUT2D eigenvalue weighted by Crippen LogP contribution is 2.23. The summed E-state index contributed by atoms with van der Waals surface area (Å²) in [6.07, 6.45) is 5.21. The molecule has 5 heteroatoms. The van der Waals surface area contributed by atoms with Gasteiger partial charge in [-0.1, -0.05) is 6.08 Å². The lowest BCUT2D eigenvalue weighted by molar-refractivity contribution is -0.155. The van der Waals surface area contributed by atoms with Crippen molar-refractivity contribution in [2.24, 2.45) is 0 Å². The third kappa shape index (κ3) is 4.28. The molecule has 0 spiro atoms. The first-order valence-electron chi connectivity index (χ1n) is 7.95. The van der Waals surface area contributed by atoms with E-state index in [-0.39, 0.29) is 24.2 Å². The van der Waals surface area contributed by atoms with Gasteiger partial charge in [-0.05, 0) is 40.0 Å². The van der Waals surface area contributed by atoms with Crippen LogP contribution in [0.25, 0.3) is 0 Å². The molecule has 1 aliphatic heterocycles. The average molecular weight is 296 g/mol. The largest absolute Gasteiger partial charge is 0.394 e. The van der Waals surface area contributed by atoms with Gasteiger partial charge in [0.2, 0.25) is 5.91 Å². The fourth-order valence-corrected chi connectivity index (χ4v) is 3.35. The van der Waals surface area contributed by atoms with Crippen LogP contribution >= 0.6 is 0 Å². The molecule has 120 valence electrons. The summed E-state index contributed by atoms with van der Waals surface area (Å²) < 4.78 is 5.79. The van der Waals surface area contributed by atoms with Gasteiger partial charge in [0.15, 0.2) is 0 Å². The van der Waals surface area contributed by atoms with Crippen molar-refractivity contribution in [2.75, 3.05) is 32.8 Å². The van der Waals surface area contributed by atoms with Crippen LogP contribution in [0.2, 0.25) is 0 Å². The molecule has 2 rings (SSSR count). The maximum atomic E-state index is 12.6. The van der Waals surface area contributed by atoms with Crippen LogP contribution in [-0.2, 0) is 9.53 Å². The van der Waals surface area contributed by atoms with Gasteiger partial charge in [0.1, 0.15) is 0 Å². The molecule has 0 aromatic carbocycles. The lowest BCUT2D eigenvalue weighted by Gasteiger charge is -2.42. The maximum Gasteiger partial charge on any atom is 0.240 e. The Labute approximate surface area is 127 Å². The van der Waals surface area contributed by atoms with Gasteiger partial charge in [-0.25, -0.2) is 0 Å². The number of likely N-dealkylation sites (N-methyl/N-ethyl adjacent to an activating group) is 1. The molecule has 1 heterocycles. The van der Waals surface area contributed by atoms with Crippen LogP contribution in [-0.4, -0.2) is 65.3 Å². The van der Waals surface area contributed by atoms with E-state index < -0.39 is 0 Å². The van der Waals surface area contributed by atoms with E-state index in [4.69, 9.17) is 4.74 Å². The Hall–Kier alpha value is -0.910. The summed E-state index contributed by atoms with van der Waals surface area (Å²) in [5, 5.41) is 9.35. The van der Waals surface area contributed by atoms with Crippen molar-refractivity contribution in [3.05, 3.63) is 11.8 Å². The van der Waals surface area contributed by atoms with Crippen molar-refractivity contribution in [1.82, 2.24) is 9.80 Å². The molecular formula is C16H28N2O3. The fraction of sp³-hybridized carbons (Fsp3) is 0.812. The molecule has 1 N–H and O–H groups in total. The second-order valence-electron chi connectivity index (χ2n) is 6.58. The number of aliphatic hydroxyl groups excluding tert-OH is 1. The lowest BCUT2D eigenvalue weighted by Crippen LogP contribution is -2.55. The standard InChI is InChI=1S/C16H28N2O3/c1-4-18(13-7-5-6-8-13)15(20)10-17-9-14(11-19)21-16(2,3)12-17/h7,14,19H,4-6,8-12H2,1-3H3. The maximum absolute atomic E-state index is 12.6. The Kier molecular flexibility index (Phi) is 5.41. The lowest BCUT2D eigenvalue weighted by atomic mass is 10.1. The first kappa shape index (κ1) is 16.5. The van der Waals surface area contributed by atoms with Gasteiger partial charge >= 0.3 is 0 Å². The number of rotatable bonds is 5. The number of allylic oxidation sites excluding steroid dienone is 2. The van der Waals surface area contributed by atoms with Gasteiger partial charge in [0.05, 0.1) is 24.9 Å². The number of carbonyl (C=O) groups excluding carboxylic acids is 1. The second-order valence-corrected chi connectivity index (χ2v) is 6.58. The van der Waals surface area contributed by atoms with E-state index in [1.807, 2.05) is 25.7 Å². The number of amides is 1. The van der Waals surface area contributed by atoms with E-state index in [9.17, 15) is 9.90 Å². The van der Waals surface area contributed by atoms with Crippen LogP contribution in [0.5, 0.6) is 0 Å². The monoisotopic (exact) mass is 296 g/mol. The Morgan fingerprint density at radius 2 is 2.33 bits per heavy atom. The molecule has 5 nitrogen and oxygen atoms in total. The normalized spacial score (nSPS) is 25.7. The van der Waals surface area contributed by atoms with Gasteiger partial charge in [-0.15, -0.1) is 0 Å². The average Bonchev–Trinajstić information content (AvgIpc) is 2.91. The number of nitrogens with zero attached hydrogens (tertiary/aromatic N) is 2. The number of carbonyl (C=O) groups is 1. The minimum atomic E-state index is -0.324. The van der Waals surface area contributed by atoms with E-state index in [1.54, 1.807) is 0 Å². The smallest absolute Gasteiger partial charge is 0.240 e. The summed E-state index contributed by atoms with van der Waals surface area (Å²) in [6, 6.07) is 0. The molecule has 21 heavy (non-hydrogen) atoms. The molecule has 1 saturated heterocycles. The molecule has 0 radical (unpaired) electrons. The van der Waals surface area contributed by atoms with E-state index >= 15 is 0 Å². The number of hydrogen-bond acceptors (Lipinski definition) is 4. The van der Waals surface area contributed by atoms with Gasteiger partial charge in [0.25, 0.3) is 0 Å². The van der Waals surface area contributed by atoms with Gasteiger partial charge < -0.3 is 14.7 Å². The minimum absolute atomic E-state index is 0.00321. The summed E-state index contributed by atoms with van der Waals surface area (Å²) >= 11 is 0. The third-order valence-electron chi connectivity index (χ3n) is 4.10. The highest BCUT2D eigenvalue weighted by molar-refractivity contribution is 5.80. The van der Waals surface area contributed by atoms with Crippen LogP contribution in [0.15, 0.2) is 11.8 Å². The molecule has 1 unspecified atom stereocenters. The van der Waals surface area contributed by atoms with Crippen LogP contribution < -0.4 is 0 Å². The van der Waals surface area contributed by atoms with Crippen molar-refractivity contribution < 1.29 is 14.6 Å². The van der Waals surface area contributed by atoms with E-state index in [0.717, 1.165) is 25.8 Å². The van der Waals surface area contributed by atoms with Crippen LogP contribution in [0.3, 0.4) is 0 Å². The fourth-order valence-electron chi connectivity index (χ4n) is 3.35. The molecule has 0 aromatic rings. The minimum Gasteiger partial charge on any atom is -0.394 e. The Morgan fingerprint density at radius 1 is 1.57 bits per heavy atom. The molecular weight excluding hydrogens is 268 g/mol. The number of ether oxygens (including phenoxy) is 1. The Bertz CT molecular complexity index is 406. The van der Waals surface area contributed by atoms with Crippen molar-refractivity contribution >= 4 is 5.91 Å². The number of morpholine rings is 1. The molecule has 0 aromatic heterocycles. The van der Waals surface area contributed by atoms with Crippen LogP contribution in [0, 0.1) is 0 Å². The third-order valence-corrected chi connectivity index (χ3v) is 4.10. The first-order chi connectivity index (χ1) is 9.95. The highest BCUT2D eigenvalue weighted by Gasteiger charge is 2.34. The zero-order valence-corrected chi connectivity index (χ0v) is 13.5. The van der Waals surface area contributed by atoms with E-state index in [1.165, 1.54) is 5.70 Å². The first-order valence-corrected chi connectivity index (χ1v) is 7.95. The van der Waals surface area contributed by atoms with E-state index in [0.29, 0.717) is 19.6 Å². The Morgan fingerprint density at radius 3 is 2.90 bits per heavy atom. The molecule has 2 aliphatic rings. The van der Waals surface area contributed by atoms with Crippen LogP contribution in [0.4, 0.5) is 0 Å². The topological polar surface area (TPSA) is 53.0 Å². The summed E-state index contributed by atoms with van der Waals surface area (Å²) in [7, 11) is 0. The predicted molar refractivity (Wildman–Crippen MR) is 81.8 cm³/mol. The molecule has 1 atom stereocenters. The predicted octanol–water partition coefficient (Wildman–Crippen LogP) is 1.37. The second kappa shape index (κ2) is 6.90. The zero-order valence-electron chi connectivity index (χ0n) is 13.5. The molecule has 0 saturated carbocycles. The highest BCUT2D eigenvalue weighted by atomic mass is 16.5. The Balaban J connectivity index is 1.97.